The number of amides is 1. The molecule has 106 valence electrons. The Hall–Kier alpha value is -1.40. The normalized spacial score (nSPS) is 10.3. The van der Waals surface area contributed by atoms with Crippen LogP contribution in [-0.4, -0.2) is 32.9 Å². The molecular formula is C13H20N2O3S. The largest absolute Gasteiger partial charge is 0.493 e. The second-order valence-electron chi connectivity index (χ2n) is 3.91. The van der Waals surface area contributed by atoms with Crippen LogP contribution in [0.25, 0.3) is 0 Å². The minimum absolute atomic E-state index is 0.301. The Morgan fingerprint density at radius 2 is 1.95 bits per heavy atom. The first kappa shape index (κ1) is 15.7. The predicted octanol–water partition coefficient (Wildman–Crippen LogP) is 1.39. The summed E-state index contributed by atoms with van der Waals surface area (Å²) in [5.74, 6) is 1.12. The van der Waals surface area contributed by atoms with Gasteiger partial charge in [-0.25, -0.2) is 0 Å². The third-order valence-electron chi connectivity index (χ3n) is 2.65. The van der Waals surface area contributed by atoms with Gasteiger partial charge in [0.1, 0.15) is 0 Å². The van der Waals surface area contributed by atoms with Gasteiger partial charge in [0.05, 0.1) is 14.2 Å². The van der Waals surface area contributed by atoms with Gasteiger partial charge in [-0.1, -0.05) is 0 Å². The van der Waals surface area contributed by atoms with Gasteiger partial charge in [0.25, 0.3) is 0 Å². The van der Waals surface area contributed by atoms with Crippen molar-refractivity contribution < 1.29 is 14.3 Å². The van der Waals surface area contributed by atoms with Crippen molar-refractivity contribution in [1.29, 1.82) is 0 Å². The van der Waals surface area contributed by atoms with Crippen molar-refractivity contribution in [3.63, 3.8) is 0 Å². The number of benzene rings is 1. The molecule has 0 aliphatic heterocycles. The molecule has 5 nitrogen and oxygen atoms in total. The second-order valence-corrected chi connectivity index (χ2v) is 4.76. The highest BCUT2D eigenvalue weighted by molar-refractivity contribution is 7.98. The Bertz CT molecular complexity index is 438. The molecule has 0 saturated heterocycles. The maximum Gasteiger partial charge on any atom is 0.218 e. The molecule has 0 spiro atoms. The highest BCUT2D eigenvalue weighted by atomic mass is 32.2. The van der Waals surface area contributed by atoms with Crippen LogP contribution in [0.5, 0.6) is 11.5 Å². The fourth-order valence-corrected chi connectivity index (χ4v) is 2.28. The van der Waals surface area contributed by atoms with Crippen molar-refractivity contribution in [3.05, 3.63) is 17.7 Å². The summed E-state index contributed by atoms with van der Waals surface area (Å²) in [7, 11) is 3.23. The van der Waals surface area contributed by atoms with Crippen LogP contribution in [0.1, 0.15) is 12.0 Å². The summed E-state index contributed by atoms with van der Waals surface area (Å²) < 4.78 is 10.6. The van der Waals surface area contributed by atoms with E-state index in [-0.39, 0.29) is 5.91 Å². The quantitative estimate of drug-likeness (QED) is 0.557. The van der Waals surface area contributed by atoms with E-state index >= 15 is 0 Å². The van der Waals surface area contributed by atoms with Crippen LogP contribution >= 0.6 is 11.8 Å². The third kappa shape index (κ3) is 4.65. The predicted molar refractivity (Wildman–Crippen MR) is 76.8 cm³/mol. The van der Waals surface area contributed by atoms with E-state index in [1.165, 1.54) is 0 Å². The molecule has 0 atom stereocenters. The van der Waals surface area contributed by atoms with Crippen LogP contribution in [0, 0.1) is 0 Å². The summed E-state index contributed by atoms with van der Waals surface area (Å²) in [6, 6.07) is 3.90. The average Bonchev–Trinajstić information content (AvgIpc) is 2.42. The van der Waals surface area contributed by atoms with Gasteiger partial charge in [-0.15, -0.1) is 11.8 Å². The van der Waals surface area contributed by atoms with Crippen LogP contribution in [0.15, 0.2) is 17.0 Å². The number of nitrogens with two attached hydrogens (primary N) is 1. The zero-order valence-corrected chi connectivity index (χ0v) is 12.3. The molecule has 0 heterocycles. The molecule has 1 amide bonds. The number of carbonyl (C=O) groups excluding carboxylic acids is 1. The molecule has 0 radical (unpaired) electrons. The van der Waals surface area contributed by atoms with Gasteiger partial charge >= 0.3 is 0 Å². The van der Waals surface area contributed by atoms with Crippen molar-refractivity contribution in [2.45, 2.75) is 17.9 Å². The van der Waals surface area contributed by atoms with Gasteiger partial charge in [0.15, 0.2) is 11.5 Å². The first-order valence-electron chi connectivity index (χ1n) is 5.90. The Morgan fingerprint density at radius 1 is 1.32 bits per heavy atom. The molecule has 0 aromatic heterocycles. The number of hydrogen-bond acceptors (Lipinski definition) is 5. The number of nitrogens with one attached hydrogen (secondary N) is 1. The molecule has 19 heavy (non-hydrogen) atoms. The van der Waals surface area contributed by atoms with E-state index in [4.69, 9.17) is 15.2 Å². The summed E-state index contributed by atoms with van der Waals surface area (Å²) in [6.45, 7) is 1.22. The lowest BCUT2D eigenvalue weighted by Crippen LogP contribution is -2.21. The minimum Gasteiger partial charge on any atom is -0.493 e. The van der Waals surface area contributed by atoms with Crippen LogP contribution < -0.4 is 20.5 Å². The van der Waals surface area contributed by atoms with E-state index in [1.807, 2.05) is 18.4 Å². The van der Waals surface area contributed by atoms with E-state index < -0.39 is 0 Å². The number of carbonyl (C=O) groups is 1. The molecule has 0 saturated carbocycles. The fraction of sp³-hybridized carbons (Fsp3) is 0.462. The minimum atomic E-state index is -0.301. The van der Waals surface area contributed by atoms with Gasteiger partial charge < -0.3 is 20.5 Å². The zero-order chi connectivity index (χ0) is 14.3. The lowest BCUT2D eigenvalue weighted by molar-refractivity contribution is -0.117. The first-order chi connectivity index (χ1) is 9.12. The zero-order valence-electron chi connectivity index (χ0n) is 11.5. The number of thioether (sulfide) groups is 1. The number of hydrogen-bond donors (Lipinski definition) is 2. The molecule has 6 heteroatoms. The third-order valence-corrected chi connectivity index (χ3v) is 3.47. The molecular weight excluding hydrogens is 264 g/mol. The number of primary amides is 1. The van der Waals surface area contributed by atoms with Crippen molar-refractivity contribution in [2.75, 3.05) is 27.0 Å². The molecule has 1 aromatic carbocycles. The molecule has 0 aliphatic carbocycles. The number of rotatable bonds is 8. The molecule has 0 fully saturated rings. The van der Waals surface area contributed by atoms with Gasteiger partial charge in [-0.05, 0) is 24.0 Å². The highest BCUT2D eigenvalue weighted by Crippen LogP contribution is 2.34. The lowest BCUT2D eigenvalue weighted by atomic mass is 10.2. The Labute approximate surface area is 117 Å². The highest BCUT2D eigenvalue weighted by Gasteiger charge is 2.10. The summed E-state index contributed by atoms with van der Waals surface area (Å²) >= 11 is 1.64. The average molecular weight is 284 g/mol. The molecule has 0 unspecified atom stereocenters. The summed E-state index contributed by atoms with van der Waals surface area (Å²) in [5, 5.41) is 3.19. The van der Waals surface area contributed by atoms with Gasteiger partial charge in [-0.3, -0.25) is 4.79 Å². The number of methoxy groups -OCH3 is 2. The van der Waals surface area contributed by atoms with Crippen molar-refractivity contribution in [1.82, 2.24) is 5.32 Å². The van der Waals surface area contributed by atoms with Crippen LogP contribution in [0.4, 0.5) is 0 Å². The van der Waals surface area contributed by atoms with E-state index in [0.29, 0.717) is 31.0 Å². The van der Waals surface area contributed by atoms with E-state index in [1.54, 1.807) is 26.0 Å². The number of ether oxygens (including phenoxy) is 2. The van der Waals surface area contributed by atoms with E-state index in [0.717, 1.165) is 10.5 Å². The Morgan fingerprint density at radius 3 is 2.47 bits per heavy atom. The smallest absolute Gasteiger partial charge is 0.218 e. The van der Waals surface area contributed by atoms with E-state index in [9.17, 15) is 4.79 Å². The molecule has 1 aromatic rings. The summed E-state index contributed by atoms with van der Waals surface area (Å²) in [4.78, 5) is 11.8. The van der Waals surface area contributed by atoms with Crippen molar-refractivity contribution >= 4 is 17.7 Å². The molecule has 0 aliphatic rings. The van der Waals surface area contributed by atoms with Crippen LogP contribution in [-0.2, 0) is 11.3 Å². The SMILES string of the molecule is COc1cc(CNCCC(N)=O)c(SC)cc1OC. The van der Waals surface area contributed by atoms with E-state index in [2.05, 4.69) is 5.32 Å². The first-order valence-corrected chi connectivity index (χ1v) is 7.12. The molecule has 3 N–H and O–H groups in total. The van der Waals surface area contributed by atoms with Gasteiger partial charge in [0, 0.05) is 24.4 Å². The van der Waals surface area contributed by atoms with Crippen molar-refractivity contribution in [3.8, 4) is 11.5 Å². The summed E-state index contributed by atoms with van der Waals surface area (Å²) in [6.07, 6.45) is 2.34. The van der Waals surface area contributed by atoms with Gasteiger partial charge in [-0.2, -0.15) is 0 Å². The fourth-order valence-electron chi connectivity index (χ4n) is 1.67. The Balaban J connectivity index is 2.77. The standard InChI is InChI=1S/C13H20N2O3S/c1-17-10-6-9(8-15-5-4-13(14)16)12(19-3)7-11(10)18-2/h6-7,15H,4-5,8H2,1-3H3,(H2,14,16). The van der Waals surface area contributed by atoms with Crippen LogP contribution in [0.2, 0.25) is 0 Å². The van der Waals surface area contributed by atoms with Crippen molar-refractivity contribution in [2.24, 2.45) is 5.73 Å². The van der Waals surface area contributed by atoms with Crippen LogP contribution in [0.3, 0.4) is 0 Å². The molecule has 0 bridgehead atoms. The monoisotopic (exact) mass is 284 g/mol. The Kier molecular flexibility index (Phi) is 6.52. The second kappa shape index (κ2) is 7.91. The summed E-state index contributed by atoms with van der Waals surface area (Å²) in [5.41, 5.74) is 6.20. The maximum atomic E-state index is 10.7. The topological polar surface area (TPSA) is 73.6 Å². The molecule has 1 rings (SSSR count). The lowest BCUT2D eigenvalue weighted by Gasteiger charge is -2.14. The maximum absolute atomic E-state index is 10.7. The van der Waals surface area contributed by atoms with Gasteiger partial charge in [0.2, 0.25) is 5.91 Å².